The van der Waals surface area contributed by atoms with Gasteiger partial charge in [-0.3, -0.25) is 0 Å². The van der Waals surface area contributed by atoms with Gasteiger partial charge in [0.05, 0.1) is 0 Å². The first-order valence-corrected chi connectivity index (χ1v) is 9.74. The standard InChI is InChI=1S/C20H42O2/c1-8-11-12-13-14-15-16-19(17(4)5)20(18(6)7,21-9-2)22-10-3/h17-19H,8-16H2,1-7H3. The van der Waals surface area contributed by atoms with Gasteiger partial charge < -0.3 is 9.47 Å². The Morgan fingerprint density at radius 2 is 1.23 bits per heavy atom. The predicted octanol–water partition coefficient (Wildman–Crippen LogP) is 6.43. The fourth-order valence-electron chi connectivity index (χ4n) is 3.61. The Labute approximate surface area is 140 Å². The smallest absolute Gasteiger partial charge is 0.173 e. The normalized spacial score (nSPS) is 14.0. The van der Waals surface area contributed by atoms with Crippen LogP contribution in [0.2, 0.25) is 0 Å². The second kappa shape index (κ2) is 12.4. The van der Waals surface area contributed by atoms with Crippen molar-refractivity contribution in [3.8, 4) is 0 Å². The fraction of sp³-hybridized carbons (Fsp3) is 1.00. The molecule has 1 atom stereocenters. The molecule has 0 amide bonds. The summed E-state index contributed by atoms with van der Waals surface area (Å²) in [5.74, 6) is 1.01. The van der Waals surface area contributed by atoms with Gasteiger partial charge in [-0.15, -0.1) is 0 Å². The average Bonchev–Trinajstić information content (AvgIpc) is 2.45. The number of hydrogen-bond acceptors (Lipinski definition) is 2. The Morgan fingerprint density at radius 1 is 0.727 bits per heavy atom. The fourth-order valence-corrected chi connectivity index (χ4v) is 3.61. The second-order valence-corrected chi connectivity index (χ2v) is 7.15. The van der Waals surface area contributed by atoms with Crippen LogP contribution in [0.25, 0.3) is 0 Å². The van der Waals surface area contributed by atoms with Crippen molar-refractivity contribution in [2.24, 2.45) is 17.8 Å². The van der Waals surface area contributed by atoms with E-state index < -0.39 is 5.79 Å². The zero-order chi connectivity index (χ0) is 17.0. The van der Waals surface area contributed by atoms with Gasteiger partial charge in [0, 0.05) is 25.0 Å². The molecule has 0 aromatic carbocycles. The van der Waals surface area contributed by atoms with Gasteiger partial charge >= 0.3 is 0 Å². The van der Waals surface area contributed by atoms with Gasteiger partial charge in [-0.25, -0.2) is 0 Å². The first-order valence-electron chi connectivity index (χ1n) is 9.74. The lowest BCUT2D eigenvalue weighted by Gasteiger charge is -2.45. The third kappa shape index (κ3) is 7.00. The van der Waals surface area contributed by atoms with E-state index in [9.17, 15) is 0 Å². The number of hydrogen-bond donors (Lipinski definition) is 0. The van der Waals surface area contributed by atoms with E-state index in [1.807, 2.05) is 0 Å². The van der Waals surface area contributed by atoms with Crippen LogP contribution in [-0.4, -0.2) is 19.0 Å². The van der Waals surface area contributed by atoms with Crippen molar-refractivity contribution in [3.63, 3.8) is 0 Å². The van der Waals surface area contributed by atoms with Gasteiger partial charge in [0.25, 0.3) is 0 Å². The summed E-state index contributed by atoms with van der Waals surface area (Å²) < 4.78 is 12.5. The third-order valence-corrected chi connectivity index (χ3v) is 4.73. The quantitative estimate of drug-likeness (QED) is 0.271. The molecule has 0 aliphatic carbocycles. The number of ether oxygens (including phenoxy) is 2. The van der Waals surface area contributed by atoms with E-state index in [0.29, 0.717) is 17.8 Å². The molecule has 1 unspecified atom stereocenters. The summed E-state index contributed by atoms with van der Waals surface area (Å²) in [4.78, 5) is 0. The molecule has 0 saturated heterocycles. The molecule has 0 bridgehead atoms. The van der Waals surface area contributed by atoms with Crippen LogP contribution in [0, 0.1) is 17.8 Å². The van der Waals surface area contributed by atoms with Crippen LogP contribution in [0.5, 0.6) is 0 Å². The van der Waals surface area contributed by atoms with Crippen LogP contribution in [0.1, 0.15) is 93.4 Å². The molecule has 0 rings (SSSR count). The van der Waals surface area contributed by atoms with Crippen molar-refractivity contribution in [1.82, 2.24) is 0 Å². The maximum atomic E-state index is 6.23. The summed E-state index contributed by atoms with van der Waals surface area (Å²) in [7, 11) is 0. The molecule has 0 heterocycles. The van der Waals surface area contributed by atoms with Crippen LogP contribution in [0.15, 0.2) is 0 Å². The van der Waals surface area contributed by atoms with Gasteiger partial charge in [-0.2, -0.15) is 0 Å². The molecule has 2 heteroatoms. The molecule has 0 aromatic rings. The highest BCUT2D eigenvalue weighted by atomic mass is 16.7. The van der Waals surface area contributed by atoms with E-state index in [1.165, 1.54) is 44.9 Å². The molecule has 0 N–H and O–H groups in total. The second-order valence-electron chi connectivity index (χ2n) is 7.15. The minimum atomic E-state index is -0.416. The summed E-state index contributed by atoms with van der Waals surface area (Å²) in [5.41, 5.74) is 0. The first-order chi connectivity index (χ1) is 10.5. The summed E-state index contributed by atoms with van der Waals surface area (Å²) in [5, 5.41) is 0. The predicted molar refractivity (Wildman–Crippen MR) is 97.1 cm³/mol. The van der Waals surface area contributed by atoms with Gasteiger partial charge in [0.2, 0.25) is 0 Å². The molecular weight excluding hydrogens is 272 g/mol. The lowest BCUT2D eigenvalue weighted by Crippen LogP contribution is -2.50. The lowest BCUT2D eigenvalue weighted by atomic mass is 9.77. The third-order valence-electron chi connectivity index (χ3n) is 4.73. The highest BCUT2D eigenvalue weighted by Crippen LogP contribution is 2.39. The van der Waals surface area contributed by atoms with Crippen LogP contribution >= 0.6 is 0 Å². The van der Waals surface area contributed by atoms with Crippen molar-refractivity contribution >= 4 is 0 Å². The SMILES string of the molecule is CCCCCCCCC(C(C)C)C(OCC)(OCC)C(C)C. The van der Waals surface area contributed by atoms with E-state index >= 15 is 0 Å². The van der Waals surface area contributed by atoms with Crippen molar-refractivity contribution in [2.75, 3.05) is 13.2 Å². The Bertz CT molecular complexity index is 242. The number of unbranched alkanes of at least 4 members (excludes halogenated alkanes) is 5. The Balaban J connectivity index is 4.75. The zero-order valence-electron chi connectivity index (χ0n) is 16.4. The maximum absolute atomic E-state index is 6.23. The zero-order valence-corrected chi connectivity index (χ0v) is 16.4. The average molecular weight is 315 g/mol. The van der Waals surface area contributed by atoms with E-state index in [2.05, 4.69) is 48.5 Å². The molecule has 0 spiro atoms. The van der Waals surface area contributed by atoms with E-state index in [0.717, 1.165) is 13.2 Å². The van der Waals surface area contributed by atoms with Crippen molar-refractivity contribution in [3.05, 3.63) is 0 Å². The van der Waals surface area contributed by atoms with E-state index in [-0.39, 0.29) is 0 Å². The van der Waals surface area contributed by atoms with Crippen LogP contribution in [-0.2, 0) is 9.47 Å². The van der Waals surface area contributed by atoms with Gasteiger partial charge in [-0.05, 0) is 26.2 Å². The molecule has 0 saturated carbocycles. The van der Waals surface area contributed by atoms with Gasteiger partial charge in [-0.1, -0.05) is 73.1 Å². The molecule has 0 aliphatic heterocycles. The van der Waals surface area contributed by atoms with Crippen molar-refractivity contribution < 1.29 is 9.47 Å². The summed E-state index contributed by atoms with van der Waals surface area (Å²) in [6.07, 6.45) is 9.30. The molecule has 0 aromatic heterocycles. The molecule has 0 aliphatic rings. The largest absolute Gasteiger partial charge is 0.350 e. The minimum absolute atomic E-state index is 0.375. The summed E-state index contributed by atoms with van der Waals surface area (Å²) in [6, 6.07) is 0. The van der Waals surface area contributed by atoms with Crippen molar-refractivity contribution in [1.29, 1.82) is 0 Å². The summed E-state index contributed by atoms with van der Waals surface area (Å²) in [6.45, 7) is 17.0. The van der Waals surface area contributed by atoms with Gasteiger partial charge in [0.1, 0.15) is 0 Å². The molecule has 2 nitrogen and oxygen atoms in total. The summed E-state index contributed by atoms with van der Waals surface area (Å²) >= 11 is 0. The van der Waals surface area contributed by atoms with E-state index in [4.69, 9.17) is 9.47 Å². The molecule has 134 valence electrons. The van der Waals surface area contributed by atoms with Gasteiger partial charge in [0.15, 0.2) is 5.79 Å². The van der Waals surface area contributed by atoms with E-state index in [1.54, 1.807) is 0 Å². The highest BCUT2D eigenvalue weighted by Gasteiger charge is 2.44. The molecule has 0 radical (unpaired) electrons. The topological polar surface area (TPSA) is 18.5 Å². The maximum Gasteiger partial charge on any atom is 0.173 e. The van der Waals surface area contributed by atoms with Crippen LogP contribution < -0.4 is 0 Å². The molecule has 22 heavy (non-hydrogen) atoms. The van der Waals surface area contributed by atoms with Crippen LogP contribution in [0.4, 0.5) is 0 Å². The Morgan fingerprint density at radius 3 is 1.64 bits per heavy atom. The molecular formula is C20H42O2. The molecule has 0 fully saturated rings. The number of rotatable bonds is 14. The Hall–Kier alpha value is -0.0800. The highest BCUT2D eigenvalue weighted by molar-refractivity contribution is 4.85. The lowest BCUT2D eigenvalue weighted by molar-refractivity contribution is -0.295. The van der Waals surface area contributed by atoms with Crippen LogP contribution in [0.3, 0.4) is 0 Å². The minimum Gasteiger partial charge on any atom is -0.350 e. The first kappa shape index (κ1) is 21.9. The monoisotopic (exact) mass is 314 g/mol. The van der Waals surface area contributed by atoms with Crippen molar-refractivity contribution in [2.45, 2.75) is 99.2 Å². The Kier molecular flexibility index (Phi) is 12.3.